The van der Waals surface area contributed by atoms with Crippen LogP contribution in [0.2, 0.25) is 0 Å². The number of carbonyl (C=O) groups is 1. The summed E-state index contributed by atoms with van der Waals surface area (Å²) in [5, 5.41) is 9.41. The molecule has 108 valence electrons. The van der Waals surface area contributed by atoms with Crippen LogP contribution in [0.1, 0.15) is 10.4 Å². The molecule has 3 rings (SSSR count). The van der Waals surface area contributed by atoms with Crippen LogP contribution in [0.5, 0.6) is 5.75 Å². The Morgan fingerprint density at radius 3 is 2.27 bits per heavy atom. The van der Waals surface area contributed by atoms with Crippen LogP contribution >= 0.6 is 0 Å². The van der Waals surface area contributed by atoms with Gasteiger partial charge in [-0.3, -0.25) is 4.79 Å². The Kier molecular flexibility index (Phi) is 3.97. The zero-order chi connectivity index (χ0) is 15.4. The van der Waals surface area contributed by atoms with Crippen LogP contribution in [0, 0.1) is 0 Å². The maximum absolute atomic E-state index is 12.4. The first-order chi connectivity index (χ1) is 10.7. The highest BCUT2D eigenvalue weighted by Crippen LogP contribution is 2.18. The first-order valence-electron chi connectivity index (χ1n) is 7.10. The number of carbonyl (C=O) groups excluding carboxylic acids is 1. The Hall–Kier alpha value is -2.94. The molecule has 0 atom stereocenters. The fourth-order valence-corrected chi connectivity index (χ4v) is 2.38. The maximum Gasteiger partial charge on any atom is 0.227 e. The molecule has 1 heterocycles. The van der Waals surface area contributed by atoms with Crippen LogP contribution in [-0.4, -0.2) is 10.9 Å². The average Bonchev–Trinajstić information content (AvgIpc) is 2.57. The summed E-state index contributed by atoms with van der Waals surface area (Å²) in [7, 11) is 0. The van der Waals surface area contributed by atoms with Gasteiger partial charge in [0.2, 0.25) is 18.0 Å². The quantitative estimate of drug-likeness (QED) is 0.592. The molecule has 0 amide bonds. The Balaban J connectivity index is 1.92. The number of pyridine rings is 1. The van der Waals surface area contributed by atoms with Crippen molar-refractivity contribution in [2.45, 2.75) is 6.54 Å². The minimum Gasteiger partial charge on any atom is -0.508 e. The third-order valence-corrected chi connectivity index (χ3v) is 3.51. The number of hydrogen-bond acceptors (Lipinski definition) is 2. The van der Waals surface area contributed by atoms with Crippen molar-refractivity contribution < 1.29 is 14.5 Å². The third-order valence-electron chi connectivity index (χ3n) is 3.51. The maximum atomic E-state index is 12.4. The fraction of sp³-hybridized carbons (Fsp3) is 0.0526. The molecule has 3 aromatic rings. The minimum absolute atomic E-state index is 0.0665. The lowest BCUT2D eigenvalue weighted by atomic mass is 10.1. The smallest absolute Gasteiger partial charge is 0.227 e. The van der Waals surface area contributed by atoms with Crippen LogP contribution < -0.4 is 4.57 Å². The summed E-state index contributed by atoms with van der Waals surface area (Å²) >= 11 is 0. The number of rotatable bonds is 4. The molecule has 3 heteroatoms. The lowest BCUT2D eigenvalue weighted by Gasteiger charge is -2.04. The average molecular weight is 290 g/mol. The van der Waals surface area contributed by atoms with Gasteiger partial charge in [-0.15, -0.1) is 0 Å². The van der Waals surface area contributed by atoms with E-state index < -0.39 is 0 Å². The predicted molar refractivity (Wildman–Crippen MR) is 84.5 cm³/mol. The first kappa shape index (κ1) is 14.0. The van der Waals surface area contributed by atoms with Gasteiger partial charge in [0, 0.05) is 23.3 Å². The van der Waals surface area contributed by atoms with Gasteiger partial charge in [0.1, 0.15) is 5.75 Å². The highest BCUT2D eigenvalue weighted by atomic mass is 16.3. The molecule has 0 radical (unpaired) electrons. The van der Waals surface area contributed by atoms with E-state index >= 15 is 0 Å². The zero-order valence-corrected chi connectivity index (χ0v) is 12.0. The highest BCUT2D eigenvalue weighted by Gasteiger charge is 2.17. The zero-order valence-electron chi connectivity index (χ0n) is 12.0. The molecule has 2 aromatic carbocycles. The Labute approximate surface area is 129 Å². The molecule has 0 aliphatic rings. The van der Waals surface area contributed by atoms with Crippen LogP contribution in [0.15, 0.2) is 79.0 Å². The van der Waals surface area contributed by atoms with Gasteiger partial charge in [-0.05, 0) is 30.3 Å². The number of aromatic hydroxyl groups is 1. The standard InChI is InChI=1S/C19H15NO2/c21-17-11-9-15(10-12-17)18-8-4-5-13-20(18)14-19(22)16-6-2-1-3-7-16/h1-13H,14H2/p+1. The summed E-state index contributed by atoms with van der Waals surface area (Å²) < 4.78 is 1.92. The van der Waals surface area contributed by atoms with E-state index in [2.05, 4.69) is 0 Å². The van der Waals surface area contributed by atoms with E-state index in [1.54, 1.807) is 12.1 Å². The van der Waals surface area contributed by atoms with Gasteiger partial charge in [0.25, 0.3) is 0 Å². The van der Waals surface area contributed by atoms with E-state index in [0.29, 0.717) is 5.56 Å². The predicted octanol–water partition coefficient (Wildman–Crippen LogP) is 3.23. The number of nitrogens with zero attached hydrogens (tertiary/aromatic N) is 1. The number of phenols is 1. The lowest BCUT2D eigenvalue weighted by molar-refractivity contribution is -0.672. The van der Waals surface area contributed by atoms with E-state index in [9.17, 15) is 9.90 Å². The van der Waals surface area contributed by atoms with E-state index in [1.807, 2.05) is 71.4 Å². The van der Waals surface area contributed by atoms with E-state index in [1.165, 1.54) is 0 Å². The normalized spacial score (nSPS) is 10.4. The Bertz CT molecular complexity index is 780. The molecule has 1 N–H and O–H groups in total. The number of phenolic OH excluding ortho intramolecular Hbond substituents is 1. The number of hydrogen-bond donors (Lipinski definition) is 1. The van der Waals surface area contributed by atoms with Crippen molar-refractivity contribution in [1.29, 1.82) is 0 Å². The molecular formula is C19H16NO2+. The van der Waals surface area contributed by atoms with Gasteiger partial charge in [0.15, 0.2) is 6.20 Å². The van der Waals surface area contributed by atoms with Crippen molar-refractivity contribution in [1.82, 2.24) is 0 Å². The Morgan fingerprint density at radius 2 is 1.55 bits per heavy atom. The van der Waals surface area contributed by atoms with Crippen molar-refractivity contribution >= 4 is 5.78 Å². The molecule has 1 aromatic heterocycles. The van der Waals surface area contributed by atoms with Gasteiger partial charge in [-0.2, -0.15) is 4.57 Å². The highest BCUT2D eigenvalue weighted by molar-refractivity contribution is 5.95. The Morgan fingerprint density at radius 1 is 0.864 bits per heavy atom. The van der Waals surface area contributed by atoms with Crippen LogP contribution in [0.3, 0.4) is 0 Å². The second-order valence-electron chi connectivity index (χ2n) is 5.05. The molecule has 0 aliphatic carbocycles. The molecule has 0 bridgehead atoms. The largest absolute Gasteiger partial charge is 0.508 e. The van der Waals surface area contributed by atoms with Crippen molar-refractivity contribution in [2.24, 2.45) is 0 Å². The van der Waals surface area contributed by atoms with Crippen LogP contribution in [0.25, 0.3) is 11.3 Å². The number of Topliss-reactive ketones (excluding diaryl/α,β-unsaturated/α-hetero) is 1. The van der Waals surface area contributed by atoms with Gasteiger partial charge < -0.3 is 5.11 Å². The second kappa shape index (κ2) is 6.22. The van der Waals surface area contributed by atoms with E-state index in [4.69, 9.17) is 0 Å². The summed E-state index contributed by atoms with van der Waals surface area (Å²) in [6.07, 6.45) is 1.89. The molecule has 0 saturated carbocycles. The van der Waals surface area contributed by atoms with E-state index in [0.717, 1.165) is 11.3 Å². The van der Waals surface area contributed by atoms with Crippen LogP contribution in [0.4, 0.5) is 0 Å². The third kappa shape index (κ3) is 3.04. The summed E-state index contributed by atoms with van der Waals surface area (Å²) in [4.78, 5) is 12.4. The van der Waals surface area contributed by atoms with Gasteiger partial charge in [0.05, 0.1) is 0 Å². The summed E-state index contributed by atoms with van der Waals surface area (Å²) in [6, 6.07) is 22.1. The topological polar surface area (TPSA) is 41.2 Å². The summed E-state index contributed by atoms with van der Waals surface area (Å²) in [5.74, 6) is 0.295. The number of ketones is 1. The number of benzene rings is 2. The molecule has 0 unspecified atom stereocenters. The van der Waals surface area contributed by atoms with Crippen molar-refractivity contribution in [3.8, 4) is 17.0 Å². The molecule has 0 fully saturated rings. The number of aromatic nitrogens is 1. The SMILES string of the molecule is O=C(C[n+]1ccccc1-c1ccc(O)cc1)c1ccccc1. The van der Waals surface area contributed by atoms with Crippen molar-refractivity contribution in [2.75, 3.05) is 0 Å². The van der Waals surface area contributed by atoms with Crippen molar-refractivity contribution in [3.63, 3.8) is 0 Å². The fourth-order valence-electron chi connectivity index (χ4n) is 2.38. The van der Waals surface area contributed by atoms with Gasteiger partial charge in [-0.25, -0.2) is 0 Å². The minimum atomic E-state index is 0.0665. The molecule has 0 saturated heterocycles. The van der Waals surface area contributed by atoms with Gasteiger partial charge in [-0.1, -0.05) is 30.3 Å². The van der Waals surface area contributed by atoms with Gasteiger partial charge >= 0.3 is 0 Å². The first-order valence-corrected chi connectivity index (χ1v) is 7.10. The molecule has 0 aliphatic heterocycles. The summed E-state index contributed by atoms with van der Waals surface area (Å²) in [6.45, 7) is 0.279. The van der Waals surface area contributed by atoms with E-state index in [-0.39, 0.29) is 18.1 Å². The monoisotopic (exact) mass is 290 g/mol. The van der Waals surface area contributed by atoms with Crippen LogP contribution in [-0.2, 0) is 6.54 Å². The molecule has 22 heavy (non-hydrogen) atoms. The molecule has 3 nitrogen and oxygen atoms in total. The summed E-state index contributed by atoms with van der Waals surface area (Å²) in [5.41, 5.74) is 2.60. The molecular weight excluding hydrogens is 274 g/mol. The second-order valence-corrected chi connectivity index (χ2v) is 5.05. The lowest BCUT2D eigenvalue weighted by Crippen LogP contribution is -2.39. The molecule has 0 spiro atoms. The van der Waals surface area contributed by atoms with Crippen molar-refractivity contribution in [3.05, 3.63) is 84.6 Å².